The predicted octanol–water partition coefficient (Wildman–Crippen LogP) is 2.62. The van der Waals surface area contributed by atoms with Crippen LogP contribution in [0.1, 0.15) is 17.3 Å². The van der Waals surface area contributed by atoms with Crippen molar-refractivity contribution in [1.29, 1.82) is 0 Å². The van der Waals surface area contributed by atoms with E-state index in [0.29, 0.717) is 24.2 Å². The standard InChI is InChI=1S/C17H16N2O3/c1-3-9-18-13-7-5-6-8-14(13)19-11-12(17(21)22-4-2)10-15(19)16(18)20/h3,5-8,10-11H,1,4,9H2,2H3. The Balaban J connectivity index is 2.38. The number of esters is 1. The molecule has 0 atom stereocenters. The van der Waals surface area contributed by atoms with Crippen LogP contribution in [0, 0.1) is 0 Å². The van der Waals surface area contributed by atoms with Crippen LogP contribution in [0.15, 0.2) is 54.0 Å². The first-order valence-corrected chi connectivity index (χ1v) is 7.09. The molecule has 112 valence electrons. The van der Waals surface area contributed by atoms with E-state index in [2.05, 4.69) is 6.58 Å². The first kappa shape index (κ1) is 14.1. The first-order chi connectivity index (χ1) is 10.7. The minimum absolute atomic E-state index is 0.158. The van der Waals surface area contributed by atoms with E-state index in [-0.39, 0.29) is 5.56 Å². The van der Waals surface area contributed by atoms with Crippen LogP contribution >= 0.6 is 0 Å². The number of para-hydroxylation sites is 2. The van der Waals surface area contributed by atoms with Crippen LogP contribution in [0.4, 0.5) is 0 Å². The number of nitrogens with zero attached hydrogens (tertiary/aromatic N) is 2. The quantitative estimate of drug-likeness (QED) is 0.549. The Morgan fingerprint density at radius 1 is 1.27 bits per heavy atom. The van der Waals surface area contributed by atoms with Crippen LogP contribution in [-0.4, -0.2) is 21.5 Å². The van der Waals surface area contributed by atoms with Gasteiger partial charge in [0.2, 0.25) is 0 Å². The fourth-order valence-electron chi connectivity index (χ4n) is 2.61. The summed E-state index contributed by atoms with van der Waals surface area (Å²) in [5.74, 6) is -0.426. The van der Waals surface area contributed by atoms with Crippen molar-refractivity contribution in [3.63, 3.8) is 0 Å². The van der Waals surface area contributed by atoms with Gasteiger partial charge in [0.05, 0.1) is 23.2 Å². The van der Waals surface area contributed by atoms with Crippen molar-refractivity contribution in [3.05, 3.63) is 65.1 Å². The molecule has 0 amide bonds. The average molecular weight is 296 g/mol. The number of hydrogen-bond donors (Lipinski definition) is 0. The Morgan fingerprint density at radius 3 is 2.68 bits per heavy atom. The first-order valence-electron chi connectivity index (χ1n) is 7.09. The van der Waals surface area contributed by atoms with Crippen LogP contribution in [0.25, 0.3) is 16.6 Å². The third-order valence-electron chi connectivity index (χ3n) is 3.54. The van der Waals surface area contributed by atoms with Gasteiger partial charge in [0, 0.05) is 12.7 Å². The molecule has 3 aromatic rings. The Morgan fingerprint density at radius 2 is 2.00 bits per heavy atom. The van der Waals surface area contributed by atoms with Crippen molar-refractivity contribution in [2.24, 2.45) is 0 Å². The number of aromatic nitrogens is 2. The molecule has 5 heteroatoms. The molecule has 5 nitrogen and oxygen atoms in total. The summed E-state index contributed by atoms with van der Waals surface area (Å²) in [6.07, 6.45) is 3.33. The highest BCUT2D eigenvalue weighted by atomic mass is 16.5. The van der Waals surface area contributed by atoms with Crippen LogP contribution in [0.5, 0.6) is 0 Å². The lowest BCUT2D eigenvalue weighted by molar-refractivity contribution is 0.0526. The van der Waals surface area contributed by atoms with Crippen molar-refractivity contribution in [1.82, 2.24) is 8.97 Å². The van der Waals surface area contributed by atoms with Crippen LogP contribution in [0.2, 0.25) is 0 Å². The van der Waals surface area contributed by atoms with E-state index in [1.165, 1.54) is 0 Å². The van der Waals surface area contributed by atoms with Gasteiger partial charge in [-0.25, -0.2) is 4.79 Å². The van der Waals surface area contributed by atoms with Crippen LogP contribution in [-0.2, 0) is 11.3 Å². The van der Waals surface area contributed by atoms with Crippen molar-refractivity contribution >= 4 is 22.5 Å². The maximum Gasteiger partial charge on any atom is 0.339 e. The molecule has 0 N–H and O–H groups in total. The molecule has 3 rings (SSSR count). The van der Waals surface area contributed by atoms with Gasteiger partial charge in [-0.1, -0.05) is 18.2 Å². The Kier molecular flexibility index (Phi) is 3.55. The molecule has 0 aliphatic rings. The van der Waals surface area contributed by atoms with Gasteiger partial charge in [0.15, 0.2) is 0 Å². The average Bonchev–Trinajstić information content (AvgIpc) is 2.97. The molecule has 0 saturated heterocycles. The van der Waals surface area contributed by atoms with Gasteiger partial charge in [-0.3, -0.25) is 4.79 Å². The number of ether oxygens (including phenoxy) is 1. The molecule has 0 saturated carbocycles. The summed E-state index contributed by atoms with van der Waals surface area (Å²) < 4.78 is 8.39. The Hall–Kier alpha value is -2.82. The molecular formula is C17H16N2O3. The SMILES string of the molecule is C=CCn1c(=O)c2cc(C(=O)OCC)cn2c2ccccc21. The summed E-state index contributed by atoms with van der Waals surface area (Å²) in [4.78, 5) is 24.6. The molecule has 22 heavy (non-hydrogen) atoms. The lowest BCUT2D eigenvalue weighted by Crippen LogP contribution is -2.21. The van der Waals surface area contributed by atoms with Gasteiger partial charge in [-0.2, -0.15) is 0 Å². The largest absolute Gasteiger partial charge is 0.462 e. The molecule has 0 bridgehead atoms. The smallest absolute Gasteiger partial charge is 0.339 e. The van der Waals surface area contributed by atoms with Crippen LogP contribution in [0.3, 0.4) is 0 Å². The highest BCUT2D eigenvalue weighted by Crippen LogP contribution is 2.17. The van der Waals surface area contributed by atoms with Gasteiger partial charge in [-0.05, 0) is 25.1 Å². The van der Waals surface area contributed by atoms with Crippen molar-refractivity contribution < 1.29 is 9.53 Å². The normalized spacial score (nSPS) is 11.0. The second kappa shape index (κ2) is 5.52. The lowest BCUT2D eigenvalue weighted by Gasteiger charge is -2.10. The summed E-state index contributed by atoms with van der Waals surface area (Å²) in [5.41, 5.74) is 2.32. The zero-order valence-corrected chi connectivity index (χ0v) is 12.3. The molecular weight excluding hydrogens is 280 g/mol. The van der Waals surface area contributed by atoms with E-state index in [9.17, 15) is 9.59 Å². The summed E-state index contributed by atoms with van der Waals surface area (Å²) >= 11 is 0. The molecule has 0 radical (unpaired) electrons. The second-order valence-corrected chi connectivity index (χ2v) is 4.90. The van der Waals surface area contributed by atoms with Gasteiger partial charge >= 0.3 is 5.97 Å². The van der Waals surface area contributed by atoms with Crippen molar-refractivity contribution in [2.75, 3.05) is 6.61 Å². The summed E-state index contributed by atoms with van der Waals surface area (Å²) in [5, 5.41) is 0. The zero-order valence-electron chi connectivity index (χ0n) is 12.3. The number of allylic oxidation sites excluding steroid dienone is 1. The highest BCUT2D eigenvalue weighted by molar-refractivity contribution is 5.92. The predicted molar refractivity (Wildman–Crippen MR) is 85.3 cm³/mol. The molecule has 0 aliphatic heterocycles. The number of hydrogen-bond acceptors (Lipinski definition) is 3. The molecule has 2 aromatic heterocycles. The summed E-state index contributed by atoms with van der Waals surface area (Å²) in [6.45, 7) is 6.16. The third-order valence-corrected chi connectivity index (χ3v) is 3.54. The molecule has 0 unspecified atom stereocenters. The van der Waals surface area contributed by atoms with Gasteiger partial charge in [0.1, 0.15) is 5.52 Å². The third kappa shape index (κ3) is 2.11. The van der Waals surface area contributed by atoms with Gasteiger partial charge in [0.25, 0.3) is 5.56 Å². The summed E-state index contributed by atoms with van der Waals surface area (Å²) in [6, 6.07) is 9.14. The van der Waals surface area contributed by atoms with E-state index < -0.39 is 5.97 Å². The van der Waals surface area contributed by atoms with Crippen LogP contribution < -0.4 is 5.56 Å². The number of benzene rings is 1. The second-order valence-electron chi connectivity index (χ2n) is 4.90. The fourth-order valence-corrected chi connectivity index (χ4v) is 2.61. The van der Waals surface area contributed by atoms with E-state index >= 15 is 0 Å². The van der Waals surface area contributed by atoms with E-state index in [1.54, 1.807) is 34.2 Å². The fraction of sp³-hybridized carbons (Fsp3) is 0.176. The van der Waals surface area contributed by atoms with Crippen molar-refractivity contribution in [2.45, 2.75) is 13.5 Å². The highest BCUT2D eigenvalue weighted by Gasteiger charge is 2.15. The van der Waals surface area contributed by atoms with E-state index in [4.69, 9.17) is 4.74 Å². The van der Waals surface area contributed by atoms with Gasteiger partial charge in [-0.15, -0.1) is 6.58 Å². The monoisotopic (exact) mass is 296 g/mol. The minimum atomic E-state index is -0.426. The van der Waals surface area contributed by atoms with Crippen molar-refractivity contribution in [3.8, 4) is 0 Å². The minimum Gasteiger partial charge on any atom is -0.462 e. The summed E-state index contributed by atoms with van der Waals surface area (Å²) in [7, 11) is 0. The number of rotatable bonds is 4. The number of fused-ring (bicyclic) bond motifs is 3. The number of carbonyl (C=O) groups excluding carboxylic acids is 1. The molecule has 0 fully saturated rings. The molecule has 2 heterocycles. The maximum atomic E-state index is 12.7. The molecule has 1 aromatic carbocycles. The zero-order chi connectivity index (χ0) is 15.7. The van der Waals surface area contributed by atoms with E-state index in [1.807, 2.05) is 24.3 Å². The Bertz CT molecular complexity index is 934. The topological polar surface area (TPSA) is 52.7 Å². The lowest BCUT2D eigenvalue weighted by atomic mass is 10.2. The van der Waals surface area contributed by atoms with E-state index in [0.717, 1.165) is 11.0 Å². The van der Waals surface area contributed by atoms with Gasteiger partial charge < -0.3 is 13.7 Å². The maximum absolute atomic E-state index is 12.7. The number of carbonyl (C=O) groups is 1. The molecule has 0 spiro atoms. The molecule has 0 aliphatic carbocycles. The Labute approximate surface area is 127 Å².